The topological polar surface area (TPSA) is 116 Å². The number of allylic oxidation sites excluding steroid dienone is 5. The number of hydrogen-bond acceptors (Lipinski definition) is 8. The lowest BCUT2D eigenvalue weighted by molar-refractivity contribution is -0.231. The summed E-state index contributed by atoms with van der Waals surface area (Å²) in [5, 5.41) is 12.8. The van der Waals surface area contributed by atoms with Crippen LogP contribution in [0.15, 0.2) is 52.7 Å². The highest BCUT2D eigenvalue weighted by molar-refractivity contribution is 6.10. The Balaban J connectivity index is 0.987. The SMILES string of the molecule is COC(=O)C1(C)CCC2(C)CCC3(C)C4=CC=C5C(=CC(=O)C6(O)Oc7c(cc8c(c7C)C(=O)C=C7C8(C)CCC8(C)C9CC(C)C(=O)CC9(C)CCC78C)OC56C)C4(C)CCC3(C)C2C1. The lowest BCUT2D eigenvalue weighted by Gasteiger charge is -2.70. The van der Waals surface area contributed by atoms with Gasteiger partial charge in [0.15, 0.2) is 17.3 Å². The molecule has 6 saturated carbocycles. The summed E-state index contributed by atoms with van der Waals surface area (Å²) in [6, 6.07) is 2.01. The van der Waals surface area contributed by atoms with Crippen LogP contribution in [0.4, 0.5) is 0 Å². The summed E-state index contributed by atoms with van der Waals surface area (Å²) in [4.78, 5) is 56.0. The molecule has 0 spiro atoms. The third kappa shape index (κ3) is 4.92. The van der Waals surface area contributed by atoms with Crippen LogP contribution in [-0.2, 0) is 24.5 Å². The number of benzene rings is 1. The van der Waals surface area contributed by atoms with Gasteiger partial charge in [-0.25, -0.2) is 0 Å². The van der Waals surface area contributed by atoms with Gasteiger partial charge in [0.1, 0.15) is 5.78 Å². The van der Waals surface area contributed by atoms with Crippen molar-refractivity contribution in [1.82, 2.24) is 0 Å². The minimum Gasteiger partial charge on any atom is -0.471 e. The zero-order valence-corrected chi connectivity index (χ0v) is 42.1. The first-order valence-corrected chi connectivity index (χ1v) is 25.5. The summed E-state index contributed by atoms with van der Waals surface area (Å²) < 4.78 is 19.3. The maximum Gasteiger partial charge on any atom is 0.317 e. The lowest BCUT2D eigenvalue weighted by Crippen LogP contribution is -2.70. The van der Waals surface area contributed by atoms with Crippen molar-refractivity contribution in [3.63, 3.8) is 0 Å². The van der Waals surface area contributed by atoms with E-state index in [1.807, 2.05) is 19.1 Å². The van der Waals surface area contributed by atoms with Crippen LogP contribution in [-0.4, -0.2) is 46.9 Å². The largest absolute Gasteiger partial charge is 0.471 e. The number of fused-ring (bicyclic) bond motifs is 17. The molecule has 14 atom stereocenters. The third-order valence-electron chi connectivity index (χ3n) is 23.3. The van der Waals surface area contributed by atoms with Crippen molar-refractivity contribution < 1.29 is 38.5 Å². The van der Waals surface area contributed by atoms with Crippen molar-refractivity contribution in [2.45, 2.75) is 183 Å². The zero-order valence-electron chi connectivity index (χ0n) is 42.1. The molecular weight excluding hydrogens is 825 g/mol. The molecule has 8 heteroatoms. The molecule has 1 aromatic rings. The summed E-state index contributed by atoms with van der Waals surface area (Å²) in [5.74, 6) is -1.30. The van der Waals surface area contributed by atoms with Gasteiger partial charge in [0.25, 0.3) is 0 Å². The van der Waals surface area contributed by atoms with E-state index < -0.39 is 33.4 Å². The first-order valence-electron chi connectivity index (χ1n) is 25.5. The number of carbonyl (C=O) groups excluding carboxylic acids is 4. The molecule has 1 N–H and O–H groups in total. The van der Waals surface area contributed by atoms with Gasteiger partial charge in [-0.3, -0.25) is 19.2 Å². The predicted octanol–water partition coefficient (Wildman–Crippen LogP) is 11.8. The van der Waals surface area contributed by atoms with Gasteiger partial charge in [0.2, 0.25) is 11.4 Å². The highest BCUT2D eigenvalue weighted by Gasteiger charge is 2.72. The maximum absolute atomic E-state index is 14.8. The van der Waals surface area contributed by atoms with E-state index in [1.54, 1.807) is 13.0 Å². The Morgan fingerprint density at radius 1 is 0.712 bits per heavy atom. The number of esters is 1. The fourth-order valence-electron chi connectivity index (χ4n) is 18.4. The molecule has 14 unspecified atom stereocenters. The van der Waals surface area contributed by atoms with Crippen LogP contribution in [0, 0.1) is 68.0 Å². The van der Waals surface area contributed by atoms with E-state index in [1.165, 1.54) is 18.3 Å². The van der Waals surface area contributed by atoms with Gasteiger partial charge in [-0.1, -0.05) is 80.0 Å². The van der Waals surface area contributed by atoms with E-state index in [-0.39, 0.29) is 55.9 Å². The van der Waals surface area contributed by atoms with Gasteiger partial charge >= 0.3 is 11.8 Å². The second-order valence-corrected chi connectivity index (χ2v) is 26.3. The van der Waals surface area contributed by atoms with Gasteiger partial charge in [-0.15, -0.1) is 0 Å². The minimum atomic E-state index is -2.37. The minimum absolute atomic E-state index is 0.0442. The molecule has 0 saturated heterocycles. The Morgan fingerprint density at radius 2 is 1.33 bits per heavy atom. The van der Waals surface area contributed by atoms with Gasteiger partial charge in [0.05, 0.1) is 12.5 Å². The zero-order chi connectivity index (χ0) is 47.6. The van der Waals surface area contributed by atoms with Crippen molar-refractivity contribution in [3.8, 4) is 11.5 Å². The molecule has 9 aliphatic carbocycles. The number of rotatable bonds is 1. The van der Waals surface area contributed by atoms with Crippen molar-refractivity contribution >= 4 is 23.3 Å². The molecule has 10 aliphatic rings. The quantitative estimate of drug-likeness (QED) is 0.277. The van der Waals surface area contributed by atoms with Crippen LogP contribution in [0.1, 0.15) is 181 Å². The van der Waals surface area contributed by atoms with Crippen molar-refractivity contribution in [3.05, 3.63) is 69.4 Å². The average molecular weight is 899 g/mol. The fraction of sp³-hybridized carbons (Fsp3) is 0.690. The van der Waals surface area contributed by atoms with Crippen molar-refractivity contribution in [1.29, 1.82) is 0 Å². The number of aliphatic hydroxyl groups is 1. The Bertz CT molecular complexity index is 2630. The molecule has 1 aromatic carbocycles. The molecule has 8 nitrogen and oxygen atoms in total. The second kappa shape index (κ2) is 12.9. The Kier molecular flexibility index (Phi) is 8.73. The Labute approximate surface area is 392 Å². The monoisotopic (exact) mass is 899 g/mol. The molecule has 0 bridgehead atoms. The summed E-state index contributed by atoms with van der Waals surface area (Å²) in [7, 11) is 1.51. The fourth-order valence-corrected chi connectivity index (χ4v) is 18.4. The molecular formula is C58H74O8. The average Bonchev–Trinajstić information content (AvgIpc) is 3.25. The third-order valence-corrected chi connectivity index (χ3v) is 23.3. The van der Waals surface area contributed by atoms with Crippen LogP contribution in [0.25, 0.3) is 0 Å². The normalized spacial score (nSPS) is 49.5. The highest BCUT2D eigenvalue weighted by Crippen LogP contribution is 2.77. The Hall–Kier alpha value is -3.78. The Morgan fingerprint density at radius 3 is 2.02 bits per heavy atom. The number of ether oxygens (including phenoxy) is 3. The van der Waals surface area contributed by atoms with Crippen LogP contribution < -0.4 is 9.47 Å². The van der Waals surface area contributed by atoms with E-state index >= 15 is 0 Å². The molecule has 0 radical (unpaired) electrons. The molecule has 0 aromatic heterocycles. The molecule has 66 heavy (non-hydrogen) atoms. The smallest absolute Gasteiger partial charge is 0.317 e. The first kappa shape index (κ1) is 44.7. The maximum atomic E-state index is 14.8. The number of hydrogen-bond donors (Lipinski definition) is 1. The van der Waals surface area contributed by atoms with E-state index in [0.717, 1.165) is 93.8 Å². The van der Waals surface area contributed by atoms with Crippen molar-refractivity contribution in [2.75, 3.05) is 7.11 Å². The van der Waals surface area contributed by atoms with Gasteiger partial charge in [-0.2, -0.15) is 0 Å². The number of ketones is 3. The second-order valence-electron chi connectivity index (χ2n) is 26.3. The van der Waals surface area contributed by atoms with E-state index in [0.29, 0.717) is 40.9 Å². The number of carbonyl (C=O) groups is 4. The number of methoxy groups -OCH3 is 1. The van der Waals surface area contributed by atoms with Gasteiger partial charge in [0, 0.05) is 39.9 Å². The number of Topliss-reactive ketones (excluding diaryl/α,β-unsaturated/α-hetero) is 1. The lowest BCUT2D eigenvalue weighted by atomic mass is 9.34. The first-order chi connectivity index (χ1) is 30.6. The summed E-state index contributed by atoms with van der Waals surface area (Å²) in [5.41, 5.74) is 2.55. The van der Waals surface area contributed by atoms with Gasteiger partial charge in [-0.05, 0) is 177 Å². The van der Waals surface area contributed by atoms with Gasteiger partial charge < -0.3 is 19.3 Å². The summed E-state index contributed by atoms with van der Waals surface area (Å²) >= 11 is 0. The van der Waals surface area contributed by atoms with E-state index in [9.17, 15) is 24.3 Å². The molecule has 1 heterocycles. The van der Waals surface area contributed by atoms with E-state index in [2.05, 4.69) is 81.4 Å². The standard InChI is InChI=1S/C58H74O8/c1-32-26-41-49(4,30-38(32)60)19-23-55(10)42-29-37(59)45-33(2)46-39(27-36(45)52(42,7)21-24-54(41,55)9)65-57(12)34-14-15-40-51(6,35(34)28-44(61)58(57,63)66-46)20-25-56(11)43-31-50(5,47(62)64-13)17-16-48(43,3)18-22-53(40,56)8/h14-15,27-29,32,41,43,63H,16-26,30-31H2,1-13H3. The van der Waals surface area contributed by atoms with Crippen LogP contribution >= 0.6 is 0 Å². The molecule has 0 amide bonds. The molecule has 354 valence electrons. The van der Waals surface area contributed by atoms with Crippen molar-refractivity contribution in [2.24, 2.45) is 61.1 Å². The predicted molar refractivity (Wildman–Crippen MR) is 253 cm³/mol. The van der Waals surface area contributed by atoms with E-state index in [4.69, 9.17) is 14.2 Å². The molecule has 1 aliphatic heterocycles. The van der Waals surface area contributed by atoms with Crippen LogP contribution in [0.5, 0.6) is 11.5 Å². The summed E-state index contributed by atoms with van der Waals surface area (Å²) in [6.45, 7) is 27.0. The van der Waals surface area contributed by atoms with Crippen LogP contribution in [0.3, 0.4) is 0 Å². The molecule has 6 fully saturated rings. The summed E-state index contributed by atoms with van der Waals surface area (Å²) in [6.07, 6.45) is 19.6. The van der Waals surface area contributed by atoms with Crippen LogP contribution in [0.2, 0.25) is 0 Å². The highest BCUT2D eigenvalue weighted by atomic mass is 16.7. The molecule has 11 rings (SSSR count).